The average molecular weight is 254 g/mol. The molecule has 0 saturated carbocycles. The lowest BCUT2D eigenvalue weighted by atomic mass is 10.0. The number of Topliss-reactive ketones (excluding diaryl/α,β-unsaturated/α-hetero) is 1. The molecule has 1 aromatic heterocycles. The Hall–Kier alpha value is -1.12. The lowest BCUT2D eigenvalue weighted by Crippen LogP contribution is -1.98. The maximum absolute atomic E-state index is 11.5. The van der Waals surface area contributed by atoms with E-state index < -0.39 is 0 Å². The molecule has 1 heterocycles. The van der Waals surface area contributed by atoms with Gasteiger partial charge in [-0.15, -0.1) is 0 Å². The molecule has 16 heavy (non-hydrogen) atoms. The molecule has 0 spiro atoms. The number of aryl methyl sites for hydroxylation is 1. The molecule has 0 aliphatic rings. The smallest absolute Gasteiger partial charge is 0.160 e. The maximum atomic E-state index is 11.5. The summed E-state index contributed by atoms with van der Waals surface area (Å²) in [6, 6.07) is 5.07. The van der Waals surface area contributed by atoms with Crippen molar-refractivity contribution in [3.8, 4) is 0 Å². The van der Waals surface area contributed by atoms with E-state index in [1.165, 1.54) is 6.92 Å². The third kappa shape index (κ3) is 1.91. The van der Waals surface area contributed by atoms with Crippen molar-refractivity contribution in [3.05, 3.63) is 39.5 Å². The number of rotatable bonds is 1. The van der Waals surface area contributed by atoms with Crippen LogP contribution in [0.3, 0.4) is 0 Å². The SMILES string of the molecule is CC(=O)c1cc(C)nc2cc(Cl)cc(Cl)c12. The van der Waals surface area contributed by atoms with Crippen LogP contribution in [0.4, 0.5) is 0 Å². The Kier molecular flexibility index (Phi) is 2.87. The first kappa shape index (κ1) is 11.4. The number of aromatic nitrogens is 1. The lowest BCUT2D eigenvalue weighted by Gasteiger charge is -2.07. The van der Waals surface area contributed by atoms with Crippen LogP contribution in [-0.4, -0.2) is 10.8 Å². The van der Waals surface area contributed by atoms with E-state index in [1.807, 2.05) is 6.92 Å². The molecule has 0 fully saturated rings. The highest BCUT2D eigenvalue weighted by molar-refractivity contribution is 6.39. The fourth-order valence-corrected chi connectivity index (χ4v) is 2.28. The van der Waals surface area contributed by atoms with Gasteiger partial charge in [-0.05, 0) is 32.0 Å². The van der Waals surface area contributed by atoms with E-state index in [0.717, 1.165) is 5.69 Å². The highest BCUT2D eigenvalue weighted by Crippen LogP contribution is 2.30. The number of hydrogen-bond acceptors (Lipinski definition) is 2. The van der Waals surface area contributed by atoms with E-state index in [2.05, 4.69) is 4.98 Å². The standard InChI is InChI=1S/C12H9Cl2NO/c1-6-3-9(7(2)16)12-10(14)4-8(13)5-11(12)15-6/h3-5H,1-2H3. The van der Waals surface area contributed by atoms with Crippen LogP contribution in [0.25, 0.3) is 10.9 Å². The summed E-state index contributed by atoms with van der Waals surface area (Å²) in [4.78, 5) is 15.8. The molecule has 0 radical (unpaired) electrons. The van der Waals surface area contributed by atoms with Crippen LogP contribution in [0.5, 0.6) is 0 Å². The molecule has 2 nitrogen and oxygen atoms in total. The number of carbonyl (C=O) groups excluding carboxylic acids is 1. The number of ketones is 1. The minimum Gasteiger partial charge on any atom is -0.294 e. The Labute approximate surface area is 103 Å². The van der Waals surface area contributed by atoms with Crippen molar-refractivity contribution in [1.82, 2.24) is 4.98 Å². The second kappa shape index (κ2) is 4.04. The zero-order chi connectivity index (χ0) is 11.9. The Bertz CT molecular complexity index is 588. The second-order valence-electron chi connectivity index (χ2n) is 3.65. The number of fused-ring (bicyclic) bond motifs is 1. The van der Waals surface area contributed by atoms with Gasteiger partial charge in [0.1, 0.15) is 0 Å². The third-order valence-corrected chi connectivity index (χ3v) is 2.85. The van der Waals surface area contributed by atoms with Gasteiger partial charge in [0.05, 0.1) is 10.5 Å². The van der Waals surface area contributed by atoms with E-state index in [9.17, 15) is 4.79 Å². The molecule has 82 valence electrons. The van der Waals surface area contributed by atoms with Gasteiger partial charge in [-0.1, -0.05) is 23.2 Å². The zero-order valence-electron chi connectivity index (χ0n) is 8.84. The third-order valence-electron chi connectivity index (χ3n) is 2.33. The first-order valence-electron chi connectivity index (χ1n) is 4.76. The zero-order valence-corrected chi connectivity index (χ0v) is 10.4. The minimum absolute atomic E-state index is 0.0280. The average Bonchev–Trinajstić information content (AvgIpc) is 2.14. The molecule has 2 aromatic rings. The number of halogens is 2. The van der Waals surface area contributed by atoms with Gasteiger partial charge in [0, 0.05) is 21.7 Å². The molecule has 0 unspecified atom stereocenters. The highest BCUT2D eigenvalue weighted by Gasteiger charge is 2.12. The van der Waals surface area contributed by atoms with Crippen LogP contribution in [0, 0.1) is 6.92 Å². The topological polar surface area (TPSA) is 30.0 Å². The quantitative estimate of drug-likeness (QED) is 0.718. The molecule has 2 rings (SSSR count). The second-order valence-corrected chi connectivity index (χ2v) is 4.49. The largest absolute Gasteiger partial charge is 0.294 e. The maximum Gasteiger partial charge on any atom is 0.160 e. The first-order valence-corrected chi connectivity index (χ1v) is 5.52. The van der Waals surface area contributed by atoms with Crippen LogP contribution < -0.4 is 0 Å². The van der Waals surface area contributed by atoms with Crippen molar-refractivity contribution in [2.45, 2.75) is 13.8 Å². The summed E-state index contributed by atoms with van der Waals surface area (Å²) in [5, 5.41) is 1.65. The predicted octanol–water partition coefficient (Wildman–Crippen LogP) is 4.05. The van der Waals surface area contributed by atoms with Crippen molar-refractivity contribution >= 4 is 39.9 Å². The predicted molar refractivity (Wildman–Crippen MR) is 66.5 cm³/mol. The Morgan fingerprint density at radius 1 is 1.25 bits per heavy atom. The van der Waals surface area contributed by atoms with Crippen LogP contribution in [0.1, 0.15) is 23.0 Å². The molecule has 0 bridgehead atoms. The van der Waals surface area contributed by atoms with Crippen LogP contribution in [-0.2, 0) is 0 Å². The summed E-state index contributed by atoms with van der Waals surface area (Å²) >= 11 is 12.0. The van der Waals surface area contributed by atoms with Gasteiger partial charge in [0.25, 0.3) is 0 Å². The number of carbonyl (C=O) groups is 1. The monoisotopic (exact) mass is 253 g/mol. The van der Waals surface area contributed by atoms with E-state index in [0.29, 0.717) is 26.5 Å². The van der Waals surface area contributed by atoms with Crippen molar-refractivity contribution in [2.75, 3.05) is 0 Å². The Morgan fingerprint density at radius 3 is 2.56 bits per heavy atom. The van der Waals surface area contributed by atoms with Crippen LogP contribution in [0.15, 0.2) is 18.2 Å². The summed E-state index contributed by atoms with van der Waals surface area (Å²) < 4.78 is 0. The van der Waals surface area contributed by atoms with Crippen molar-refractivity contribution in [2.24, 2.45) is 0 Å². The van der Waals surface area contributed by atoms with Gasteiger partial charge in [-0.3, -0.25) is 9.78 Å². The Balaban J connectivity index is 2.95. The minimum atomic E-state index is -0.0280. The van der Waals surface area contributed by atoms with Gasteiger partial charge in [0.15, 0.2) is 5.78 Å². The number of nitrogens with zero attached hydrogens (tertiary/aromatic N) is 1. The lowest BCUT2D eigenvalue weighted by molar-refractivity contribution is 0.101. The van der Waals surface area contributed by atoms with E-state index in [1.54, 1.807) is 18.2 Å². The van der Waals surface area contributed by atoms with Gasteiger partial charge < -0.3 is 0 Å². The van der Waals surface area contributed by atoms with E-state index >= 15 is 0 Å². The van der Waals surface area contributed by atoms with Crippen LogP contribution in [0.2, 0.25) is 10.0 Å². The van der Waals surface area contributed by atoms with Gasteiger partial charge in [0.2, 0.25) is 0 Å². The fourth-order valence-electron chi connectivity index (χ4n) is 1.70. The van der Waals surface area contributed by atoms with Gasteiger partial charge in [-0.25, -0.2) is 0 Å². The highest BCUT2D eigenvalue weighted by atomic mass is 35.5. The Morgan fingerprint density at radius 2 is 1.94 bits per heavy atom. The molecular weight excluding hydrogens is 245 g/mol. The van der Waals surface area contributed by atoms with Crippen molar-refractivity contribution in [1.29, 1.82) is 0 Å². The van der Waals surface area contributed by atoms with Gasteiger partial charge in [-0.2, -0.15) is 0 Å². The summed E-state index contributed by atoms with van der Waals surface area (Å²) in [5.41, 5.74) is 2.02. The number of benzene rings is 1. The summed E-state index contributed by atoms with van der Waals surface area (Å²) in [5.74, 6) is -0.0280. The van der Waals surface area contributed by atoms with Crippen molar-refractivity contribution < 1.29 is 4.79 Å². The van der Waals surface area contributed by atoms with E-state index in [-0.39, 0.29) is 5.78 Å². The molecule has 0 amide bonds. The molecule has 1 aromatic carbocycles. The summed E-state index contributed by atoms with van der Waals surface area (Å²) in [7, 11) is 0. The summed E-state index contributed by atoms with van der Waals surface area (Å²) in [6.07, 6.45) is 0. The molecule has 0 saturated heterocycles. The number of hydrogen-bond donors (Lipinski definition) is 0. The number of pyridine rings is 1. The van der Waals surface area contributed by atoms with Crippen LogP contribution >= 0.6 is 23.2 Å². The molecule has 0 N–H and O–H groups in total. The molecular formula is C12H9Cl2NO. The fraction of sp³-hybridized carbons (Fsp3) is 0.167. The normalized spacial score (nSPS) is 10.8. The molecule has 0 aliphatic heterocycles. The van der Waals surface area contributed by atoms with Gasteiger partial charge >= 0.3 is 0 Å². The molecule has 4 heteroatoms. The molecule has 0 aliphatic carbocycles. The first-order chi connectivity index (χ1) is 7.49. The van der Waals surface area contributed by atoms with E-state index in [4.69, 9.17) is 23.2 Å². The molecule has 0 atom stereocenters. The summed E-state index contributed by atoms with van der Waals surface area (Å²) in [6.45, 7) is 3.35. The van der Waals surface area contributed by atoms with Crippen molar-refractivity contribution in [3.63, 3.8) is 0 Å².